The fraction of sp³-hybridized carbons (Fsp3) is 0.727. The summed E-state index contributed by atoms with van der Waals surface area (Å²) in [5.74, 6) is 0. The first-order valence-corrected chi connectivity index (χ1v) is 5.56. The molecule has 4 nitrogen and oxygen atoms in total. The molecule has 1 heterocycles. The van der Waals surface area contributed by atoms with Crippen LogP contribution in [0.3, 0.4) is 0 Å². The first-order valence-electron chi connectivity index (χ1n) is 5.56. The molecule has 0 aliphatic carbocycles. The minimum absolute atomic E-state index is 0.353. The minimum atomic E-state index is -0.554. The van der Waals surface area contributed by atoms with Gasteiger partial charge >= 0.3 is 0 Å². The molecular weight excluding hydrogens is 192 g/mol. The van der Waals surface area contributed by atoms with E-state index in [2.05, 4.69) is 12.0 Å². The average molecular weight is 212 g/mol. The van der Waals surface area contributed by atoms with Crippen LogP contribution in [-0.2, 0) is 11.3 Å². The zero-order valence-corrected chi connectivity index (χ0v) is 9.52. The number of hydrogen-bond acceptors (Lipinski definition) is 3. The van der Waals surface area contributed by atoms with Crippen LogP contribution in [0.2, 0.25) is 0 Å². The van der Waals surface area contributed by atoms with E-state index in [9.17, 15) is 5.11 Å². The summed E-state index contributed by atoms with van der Waals surface area (Å²) in [7, 11) is 0. The number of hydrogen-bond donors (Lipinski definition) is 1. The molecule has 0 saturated carbocycles. The van der Waals surface area contributed by atoms with Gasteiger partial charge in [-0.2, -0.15) is 5.10 Å². The van der Waals surface area contributed by atoms with Gasteiger partial charge in [-0.15, -0.1) is 0 Å². The number of nitrogens with zero attached hydrogens (tertiary/aromatic N) is 2. The third kappa shape index (κ3) is 4.01. The van der Waals surface area contributed by atoms with Gasteiger partial charge < -0.3 is 9.84 Å². The molecule has 15 heavy (non-hydrogen) atoms. The van der Waals surface area contributed by atoms with Gasteiger partial charge in [-0.3, -0.25) is 4.68 Å². The fourth-order valence-electron chi connectivity index (χ4n) is 1.34. The van der Waals surface area contributed by atoms with Gasteiger partial charge in [0.25, 0.3) is 0 Å². The maximum atomic E-state index is 9.75. The number of aliphatic hydroxyl groups excluding tert-OH is 1. The highest BCUT2D eigenvalue weighted by Gasteiger charge is 2.09. The van der Waals surface area contributed by atoms with Crippen LogP contribution in [0.25, 0.3) is 0 Å². The van der Waals surface area contributed by atoms with Crippen molar-refractivity contribution < 1.29 is 9.84 Å². The predicted molar refractivity (Wildman–Crippen MR) is 58.6 cm³/mol. The Morgan fingerprint density at radius 3 is 2.93 bits per heavy atom. The summed E-state index contributed by atoms with van der Waals surface area (Å²) in [6.07, 6.45) is 5.05. The summed E-state index contributed by atoms with van der Waals surface area (Å²) >= 11 is 0. The molecule has 0 fully saturated rings. The number of ether oxygens (including phenoxy) is 1. The van der Waals surface area contributed by atoms with Crippen molar-refractivity contribution in [3.63, 3.8) is 0 Å². The Bertz CT molecular complexity index is 273. The van der Waals surface area contributed by atoms with E-state index in [4.69, 9.17) is 4.74 Å². The first kappa shape index (κ1) is 12.2. The van der Waals surface area contributed by atoms with Crippen molar-refractivity contribution in [2.75, 3.05) is 13.2 Å². The molecule has 1 aromatic rings. The van der Waals surface area contributed by atoms with E-state index in [0.29, 0.717) is 13.2 Å². The topological polar surface area (TPSA) is 47.3 Å². The van der Waals surface area contributed by atoms with Crippen LogP contribution in [0.1, 0.15) is 38.4 Å². The average Bonchev–Trinajstić information content (AvgIpc) is 2.67. The number of aryl methyl sites for hydroxylation is 1. The van der Waals surface area contributed by atoms with Crippen molar-refractivity contribution in [3.05, 3.63) is 18.0 Å². The lowest BCUT2D eigenvalue weighted by atomic mass is 10.2. The molecule has 0 amide bonds. The second kappa shape index (κ2) is 6.58. The molecule has 1 atom stereocenters. The van der Waals surface area contributed by atoms with Crippen molar-refractivity contribution >= 4 is 0 Å². The SMILES string of the molecule is CCCOCC(O)c1cnn(CCC)c1. The standard InChI is InChI=1S/C11H20N2O2/c1-3-5-13-8-10(7-12-13)11(14)9-15-6-4-2/h7-8,11,14H,3-6,9H2,1-2H3. The van der Waals surface area contributed by atoms with Crippen molar-refractivity contribution in [2.24, 2.45) is 0 Å². The zero-order valence-electron chi connectivity index (χ0n) is 9.52. The van der Waals surface area contributed by atoms with Gasteiger partial charge in [-0.1, -0.05) is 13.8 Å². The van der Waals surface area contributed by atoms with Gasteiger partial charge in [0.05, 0.1) is 12.8 Å². The minimum Gasteiger partial charge on any atom is -0.386 e. The van der Waals surface area contributed by atoms with Crippen LogP contribution in [-0.4, -0.2) is 28.1 Å². The smallest absolute Gasteiger partial charge is 0.105 e. The summed E-state index contributed by atoms with van der Waals surface area (Å²) in [5, 5.41) is 13.9. The van der Waals surface area contributed by atoms with Crippen molar-refractivity contribution in [3.8, 4) is 0 Å². The van der Waals surface area contributed by atoms with E-state index < -0.39 is 6.10 Å². The highest BCUT2D eigenvalue weighted by atomic mass is 16.5. The maximum Gasteiger partial charge on any atom is 0.105 e. The predicted octanol–water partition coefficient (Wildman–Crippen LogP) is 1.75. The van der Waals surface area contributed by atoms with Gasteiger partial charge in [0, 0.05) is 24.9 Å². The summed E-state index contributed by atoms with van der Waals surface area (Å²) in [5.41, 5.74) is 0.833. The van der Waals surface area contributed by atoms with Crippen molar-refractivity contribution in [1.82, 2.24) is 9.78 Å². The first-order chi connectivity index (χ1) is 7.27. The highest BCUT2D eigenvalue weighted by molar-refractivity contribution is 5.07. The summed E-state index contributed by atoms with van der Waals surface area (Å²) in [6.45, 7) is 6.09. The Morgan fingerprint density at radius 1 is 1.47 bits per heavy atom. The number of rotatable bonds is 7. The van der Waals surface area contributed by atoms with Crippen LogP contribution < -0.4 is 0 Å². The number of aliphatic hydroxyl groups is 1. The molecular formula is C11H20N2O2. The molecule has 0 spiro atoms. The lowest BCUT2D eigenvalue weighted by Crippen LogP contribution is -2.07. The molecule has 0 bridgehead atoms. The summed E-state index contributed by atoms with van der Waals surface area (Å²) in [4.78, 5) is 0. The molecule has 0 aromatic carbocycles. The normalized spacial score (nSPS) is 13.0. The molecule has 1 unspecified atom stereocenters. The lowest BCUT2D eigenvalue weighted by Gasteiger charge is -2.08. The molecule has 0 aliphatic heterocycles. The van der Waals surface area contributed by atoms with Gasteiger partial charge in [-0.05, 0) is 12.8 Å². The number of aromatic nitrogens is 2. The molecule has 0 saturated heterocycles. The van der Waals surface area contributed by atoms with Gasteiger partial charge in [-0.25, -0.2) is 0 Å². The van der Waals surface area contributed by atoms with Crippen LogP contribution in [0.15, 0.2) is 12.4 Å². The van der Waals surface area contributed by atoms with E-state index in [1.165, 1.54) is 0 Å². The fourth-order valence-corrected chi connectivity index (χ4v) is 1.34. The molecule has 4 heteroatoms. The molecule has 0 aliphatic rings. The van der Waals surface area contributed by atoms with Gasteiger partial charge in [0.1, 0.15) is 6.10 Å². The lowest BCUT2D eigenvalue weighted by molar-refractivity contribution is 0.0363. The quantitative estimate of drug-likeness (QED) is 0.700. The highest BCUT2D eigenvalue weighted by Crippen LogP contribution is 2.12. The maximum absolute atomic E-state index is 9.75. The molecule has 1 N–H and O–H groups in total. The van der Waals surface area contributed by atoms with Crippen molar-refractivity contribution in [2.45, 2.75) is 39.3 Å². The summed E-state index contributed by atoms with van der Waals surface area (Å²) < 4.78 is 7.13. The van der Waals surface area contributed by atoms with Crippen molar-refractivity contribution in [1.29, 1.82) is 0 Å². The monoisotopic (exact) mass is 212 g/mol. The molecule has 1 aromatic heterocycles. The van der Waals surface area contributed by atoms with E-state index in [-0.39, 0.29) is 0 Å². The second-order valence-electron chi connectivity index (χ2n) is 3.63. The second-order valence-corrected chi connectivity index (χ2v) is 3.63. The van der Waals surface area contributed by atoms with E-state index in [1.54, 1.807) is 6.20 Å². The molecule has 1 rings (SSSR count). The third-order valence-electron chi connectivity index (χ3n) is 2.11. The van der Waals surface area contributed by atoms with Crippen LogP contribution in [0.4, 0.5) is 0 Å². The Hall–Kier alpha value is -0.870. The summed E-state index contributed by atoms with van der Waals surface area (Å²) in [6, 6.07) is 0. The van der Waals surface area contributed by atoms with Crippen LogP contribution in [0.5, 0.6) is 0 Å². The van der Waals surface area contributed by atoms with E-state index in [1.807, 2.05) is 17.8 Å². The Kier molecular flexibility index (Phi) is 5.36. The largest absolute Gasteiger partial charge is 0.386 e. The molecule has 0 radical (unpaired) electrons. The van der Waals surface area contributed by atoms with Gasteiger partial charge in [0.2, 0.25) is 0 Å². The zero-order chi connectivity index (χ0) is 11.1. The Labute approximate surface area is 90.9 Å². The van der Waals surface area contributed by atoms with E-state index in [0.717, 1.165) is 24.9 Å². The van der Waals surface area contributed by atoms with Gasteiger partial charge in [0.15, 0.2) is 0 Å². The van der Waals surface area contributed by atoms with Crippen LogP contribution in [0, 0.1) is 0 Å². The molecule has 86 valence electrons. The Morgan fingerprint density at radius 2 is 2.27 bits per heavy atom. The van der Waals surface area contributed by atoms with E-state index >= 15 is 0 Å². The third-order valence-corrected chi connectivity index (χ3v) is 2.11. The Balaban J connectivity index is 2.39. The van der Waals surface area contributed by atoms with Crippen LogP contribution >= 0.6 is 0 Å².